The summed E-state index contributed by atoms with van der Waals surface area (Å²) >= 11 is 6.01. The van der Waals surface area contributed by atoms with Crippen LogP contribution < -0.4 is 10.1 Å². The molecule has 0 saturated carbocycles. The number of nitrogens with one attached hydrogen (secondary N) is 1. The van der Waals surface area contributed by atoms with Crippen LogP contribution in [0.2, 0.25) is 5.02 Å². The molecule has 0 unspecified atom stereocenters. The second-order valence-electron chi connectivity index (χ2n) is 8.01. The van der Waals surface area contributed by atoms with Crippen molar-refractivity contribution in [3.63, 3.8) is 0 Å². The number of ketones is 1. The number of hydrogen-bond acceptors (Lipinski definition) is 6. The van der Waals surface area contributed by atoms with Crippen LogP contribution in [0.5, 0.6) is 5.75 Å². The number of carbonyl (C=O) groups is 2. The topological polar surface area (TPSA) is 110 Å². The van der Waals surface area contributed by atoms with Crippen LogP contribution in [-0.4, -0.2) is 33.6 Å². The summed E-state index contributed by atoms with van der Waals surface area (Å²) in [6, 6.07) is 14.6. The maximum Gasteiger partial charge on any atom is 0.226 e. The van der Waals surface area contributed by atoms with Crippen molar-refractivity contribution in [2.45, 2.75) is 26.7 Å². The standard InChI is InChI=1S/C26H22ClN5O3/c1-15-5-4-6-19-16(2)11-23(30-25(15)19)32-26(17(13-28)14-29-32)31-24(34)10-8-21(33)20-12-18(27)7-9-22(20)35-3/h4-7,9,11-12,14H,8,10H2,1-3H3,(H,31,34). The highest BCUT2D eigenvalue weighted by molar-refractivity contribution is 6.31. The molecule has 176 valence electrons. The fraction of sp³-hybridized carbons (Fsp3) is 0.192. The largest absolute Gasteiger partial charge is 0.496 e. The summed E-state index contributed by atoms with van der Waals surface area (Å²) in [6.07, 6.45) is 1.20. The van der Waals surface area contributed by atoms with Gasteiger partial charge in [0.25, 0.3) is 0 Å². The zero-order valence-electron chi connectivity index (χ0n) is 19.4. The van der Waals surface area contributed by atoms with Gasteiger partial charge in [0.2, 0.25) is 5.91 Å². The number of pyridine rings is 1. The Morgan fingerprint density at radius 3 is 2.69 bits per heavy atom. The molecular formula is C26H22ClN5O3. The average molecular weight is 488 g/mol. The van der Waals surface area contributed by atoms with Crippen molar-refractivity contribution >= 4 is 40.0 Å². The van der Waals surface area contributed by atoms with E-state index in [0.717, 1.165) is 22.0 Å². The smallest absolute Gasteiger partial charge is 0.226 e. The van der Waals surface area contributed by atoms with Crippen LogP contribution in [0.25, 0.3) is 16.7 Å². The highest BCUT2D eigenvalue weighted by atomic mass is 35.5. The molecule has 1 N–H and O–H groups in total. The minimum Gasteiger partial charge on any atom is -0.496 e. The van der Waals surface area contributed by atoms with Crippen molar-refractivity contribution in [3.05, 3.63) is 75.9 Å². The van der Waals surface area contributed by atoms with E-state index in [1.165, 1.54) is 24.1 Å². The number of anilines is 1. The van der Waals surface area contributed by atoms with Crippen LogP contribution in [0, 0.1) is 25.2 Å². The first-order valence-electron chi connectivity index (χ1n) is 10.8. The Bertz CT molecular complexity index is 1500. The number of para-hydroxylation sites is 1. The predicted molar refractivity (Wildman–Crippen MR) is 133 cm³/mol. The fourth-order valence-electron chi connectivity index (χ4n) is 3.83. The number of halogens is 1. The van der Waals surface area contributed by atoms with Gasteiger partial charge in [-0.05, 0) is 49.2 Å². The number of amides is 1. The van der Waals surface area contributed by atoms with Gasteiger partial charge in [-0.25, -0.2) is 4.98 Å². The molecule has 4 aromatic rings. The minimum absolute atomic E-state index is 0.0644. The number of ether oxygens (including phenoxy) is 1. The van der Waals surface area contributed by atoms with Gasteiger partial charge >= 0.3 is 0 Å². The van der Waals surface area contributed by atoms with E-state index in [1.54, 1.807) is 12.1 Å². The predicted octanol–water partition coefficient (Wildman–Crippen LogP) is 5.17. The third-order valence-electron chi connectivity index (χ3n) is 5.64. The molecule has 0 aliphatic heterocycles. The highest BCUT2D eigenvalue weighted by Gasteiger charge is 2.19. The molecule has 0 bridgehead atoms. The molecule has 2 aromatic heterocycles. The number of Topliss-reactive ketones (excluding diaryl/α,β-unsaturated/α-hetero) is 1. The first-order valence-corrected chi connectivity index (χ1v) is 11.2. The summed E-state index contributed by atoms with van der Waals surface area (Å²) in [5.74, 6) is 0.339. The number of benzene rings is 2. The molecule has 1 amide bonds. The Morgan fingerprint density at radius 2 is 1.94 bits per heavy atom. The lowest BCUT2D eigenvalue weighted by Crippen LogP contribution is -2.17. The molecule has 4 rings (SSSR count). The summed E-state index contributed by atoms with van der Waals surface area (Å²) in [5, 5.41) is 18.0. The van der Waals surface area contributed by atoms with Gasteiger partial charge in [-0.2, -0.15) is 15.0 Å². The van der Waals surface area contributed by atoms with Crippen molar-refractivity contribution in [2.24, 2.45) is 0 Å². The van der Waals surface area contributed by atoms with Crippen molar-refractivity contribution in [1.29, 1.82) is 5.26 Å². The number of carbonyl (C=O) groups excluding carboxylic acids is 2. The Labute approximate surface area is 207 Å². The van der Waals surface area contributed by atoms with Crippen molar-refractivity contribution < 1.29 is 14.3 Å². The van der Waals surface area contributed by atoms with Crippen LogP contribution in [0.4, 0.5) is 5.82 Å². The quantitative estimate of drug-likeness (QED) is 0.360. The zero-order chi connectivity index (χ0) is 25.1. The van der Waals surface area contributed by atoms with Gasteiger partial charge in [-0.3, -0.25) is 9.59 Å². The van der Waals surface area contributed by atoms with Crippen LogP contribution in [0.1, 0.15) is 39.9 Å². The molecule has 35 heavy (non-hydrogen) atoms. The molecule has 0 atom stereocenters. The van der Waals surface area contributed by atoms with E-state index in [2.05, 4.69) is 10.4 Å². The molecule has 8 nitrogen and oxygen atoms in total. The van der Waals surface area contributed by atoms with Crippen molar-refractivity contribution in [3.8, 4) is 17.6 Å². The van der Waals surface area contributed by atoms with Gasteiger partial charge in [0, 0.05) is 23.3 Å². The van der Waals surface area contributed by atoms with E-state index >= 15 is 0 Å². The summed E-state index contributed by atoms with van der Waals surface area (Å²) in [5.41, 5.74) is 3.30. The minimum atomic E-state index is -0.439. The van der Waals surface area contributed by atoms with E-state index in [0.29, 0.717) is 22.2 Å². The monoisotopic (exact) mass is 487 g/mol. The number of rotatable bonds is 7. The summed E-state index contributed by atoms with van der Waals surface area (Å²) in [6.45, 7) is 3.94. The Hall–Kier alpha value is -4.22. The third kappa shape index (κ3) is 4.86. The van der Waals surface area contributed by atoms with E-state index in [1.807, 2.05) is 44.2 Å². The molecular weight excluding hydrogens is 466 g/mol. The van der Waals surface area contributed by atoms with E-state index in [-0.39, 0.29) is 30.0 Å². The summed E-state index contributed by atoms with van der Waals surface area (Å²) in [4.78, 5) is 30.2. The Kier molecular flexibility index (Phi) is 6.80. The van der Waals surface area contributed by atoms with Gasteiger partial charge in [0.1, 0.15) is 17.4 Å². The van der Waals surface area contributed by atoms with Gasteiger partial charge in [-0.15, -0.1) is 0 Å². The van der Waals surface area contributed by atoms with Crippen LogP contribution in [0.3, 0.4) is 0 Å². The zero-order valence-corrected chi connectivity index (χ0v) is 20.2. The molecule has 0 fully saturated rings. The molecule has 2 aromatic carbocycles. The van der Waals surface area contributed by atoms with Gasteiger partial charge < -0.3 is 10.1 Å². The summed E-state index contributed by atoms with van der Waals surface area (Å²) < 4.78 is 6.65. The number of fused-ring (bicyclic) bond motifs is 1. The van der Waals surface area contributed by atoms with Gasteiger partial charge in [0.05, 0.1) is 24.4 Å². The van der Waals surface area contributed by atoms with Crippen LogP contribution >= 0.6 is 11.6 Å². The summed E-state index contributed by atoms with van der Waals surface area (Å²) in [7, 11) is 1.46. The van der Waals surface area contributed by atoms with Gasteiger partial charge in [-0.1, -0.05) is 29.8 Å². The Morgan fingerprint density at radius 1 is 1.14 bits per heavy atom. The van der Waals surface area contributed by atoms with Crippen molar-refractivity contribution in [2.75, 3.05) is 12.4 Å². The lowest BCUT2D eigenvalue weighted by Gasteiger charge is -2.12. The Balaban J connectivity index is 1.58. The maximum absolute atomic E-state index is 12.8. The van der Waals surface area contributed by atoms with Crippen LogP contribution in [0.15, 0.2) is 48.7 Å². The van der Waals surface area contributed by atoms with Gasteiger partial charge in [0.15, 0.2) is 17.4 Å². The van der Waals surface area contributed by atoms with E-state index in [4.69, 9.17) is 21.3 Å². The molecule has 9 heteroatoms. The SMILES string of the molecule is COc1ccc(Cl)cc1C(=O)CCC(=O)Nc1c(C#N)cnn1-c1cc(C)c2cccc(C)c2n1. The maximum atomic E-state index is 12.8. The first kappa shape index (κ1) is 23.9. The molecule has 0 radical (unpaired) electrons. The molecule has 0 spiro atoms. The molecule has 2 heterocycles. The number of aryl methyl sites for hydroxylation is 2. The first-order chi connectivity index (χ1) is 16.8. The second kappa shape index (κ2) is 9.95. The molecule has 0 aliphatic rings. The number of methoxy groups -OCH3 is 1. The average Bonchev–Trinajstić information content (AvgIpc) is 3.25. The lowest BCUT2D eigenvalue weighted by molar-refractivity contribution is -0.116. The normalized spacial score (nSPS) is 10.7. The highest BCUT2D eigenvalue weighted by Crippen LogP contribution is 2.26. The fourth-order valence-corrected chi connectivity index (χ4v) is 4.00. The number of aromatic nitrogens is 3. The lowest BCUT2D eigenvalue weighted by atomic mass is 10.1. The van der Waals surface area contributed by atoms with E-state index in [9.17, 15) is 14.9 Å². The van der Waals surface area contributed by atoms with Crippen molar-refractivity contribution in [1.82, 2.24) is 14.8 Å². The molecule has 0 aliphatic carbocycles. The number of nitriles is 1. The number of hydrogen-bond donors (Lipinski definition) is 1. The second-order valence-corrected chi connectivity index (χ2v) is 8.45. The van der Waals surface area contributed by atoms with E-state index < -0.39 is 5.91 Å². The molecule has 0 saturated heterocycles. The third-order valence-corrected chi connectivity index (χ3v) is 5.88. The van der Waals surface area contributed by atoms with Crippen LogP contribution in [-0.2, 0) is 4.79 Å². The number of nitrogens with zero attached hydrogens (tertiary/aromatic N) is 4.